The van der Waals surface area contributed by atoms with Crippen LogP contribution in [0.2, 0.25) is 0 Å². The van der Waals surface area contributed by atoms with Crippen LogP contribution in [-0.4, -0.2) is 34.6 Å². The molecule has 0 saturated carbocycles. The third-order valence-corrected chi connectivity index (χ3v) is 5.53. The van der Waals surface area contributed by atoms with E-state index in [1.165, 1.54) is 11.6 Å². The van der Waals surface area contributed by atoms with Gasteiger partial charge in [-0.1, -0.05) is 48.5 Å². The lowest BCUT2D eigenvalue weighted by molar-refractivity contribution is -0.123. The summed E-state index contributed by atoms with van der Waals surface area (Å²) in [4.78, 5) is 38.7. The van der Waals surface area contributed by atoms with Gasteiger partial charge < -0.3 is 19.5 Å². The number of rotatable bonds is 6. The average Bonchev–Trinajstić information content (AvgIpc) is 3.34. The summed E-state index contributed by atoms with van der Waals surface area (Å²) >= 11 is 0. The van der Waals surface area contributed by atoms with Gasteiger partial charge in [-0.15, -0.1) is 0 Å². The number of carbonyl (C=O) groups excluding carboxylic acids is 2. The van der Waals surface area contributed by atoms with E-state index in [0.29, 0.717) is 28.0 Å². The van der Waals surface area contributed by atoms with E-state index in [4.69, 9.17) is 14.2 Å². The number of anilines is 1. The highest BCUT2D eigenvalue weighted by Crippen LogP contribution is 2.34. The summed E-state index contributed by atoms with van der Waals surface area (Å²) in [7, 11) is 0. The molecule has 4 aromatic rings. The summed E-state index contributed by atoms with van der Waals surface area (Å²) in [5.74, 6) is -0.231. The van der Waals surface area contributed by atoms with Crippen LogP contribution >= 0.6 is 0 Å². The molecule has 1 aliphatic rings. The molecule has 2 heterocycles. The van der Waals surface area contributed by atoms with Crippen molar-refractivity contribution >= 4 is 28.3 Å². The van der Waals surface area contributed by atoms with Crippen molar-refractivity contribution < 1.29 is 23.8 Å². The van der Waals surface area contributed by atoms with E-state index in [1.54, 1.807) is 42.5 Å². The van der Waals surface area contributed by atoms with Crippen molar-refractivity contribution in [3.63, 3.8) is 0 Å². The topological polar surface area (TPSA) is 109 Å². The summed E-state index contributed by atoms with van der Waals surface area (Å²) in [6, 6.07) is 21.0. The monoisotopic (exact) mass is 471 g/mol. The first-order chi connectivity index (χ1) is 17.0. The number of benzene rings is 3. The van der Waals surface area contributed by atoms with Gasteiger partial charge in [-0.2, -0.15) is 5.10 Å². The maximum absolute atomic E-state index is 13.1. The number of amides is 1. The minimum atomic E-state index is -1.12. The second kappa shape index (κ2) is 9.30. The fraction of sp³-hybridized carbons (Fsp3) is 0.154. The molecule has 1 atom stereocenters. The number of nitrogens with zero attached hydrogens (tertiary/aromatic N) is 2. The number of nitrogens with one attached hydrogen (secondary N) is 1. The Hall–Kier alpha value is -4.66. The minimum absolute atomic E-state index is 0.0427. The Labute approximate surface area is 199 Å². The minimum Gasteiger partial charge on any atom is -0.454 e. The van der Waals surface area contributed by atoms with Crippen molar-refractivity contribution in [3.8, 4) is 11.5 Å². The number of hydrogen-bond donors (Lipinski definition) is 1. The standard InChI is InChI=1S/C26H21N3O6/c1-16(24(30)27-18-11-12-21-22(13-18)34-15-33-21)35-26(32)23-19-9-5-6-10-20(19)25(31)29(28-23)14-17-7-3-2-4-8-17/h2-13,16H,14-15H2,1H3,(H,27,30)/t16-/m1/s1. The maximum Gasteiger partial charge on any atom is 0.360 e. The third kappa shape index (κ3) is 4.56. The van der Waals surface area contributed by atoms with Crippen LogP contribution in [-0.2, 0) is 16.1 Å². The second-order valence-electron chi connectivity index (χ2n) is 7.95. The summed E-state index contributed by atoms with van der Waals surface area (Å²) in [6.45, 7) is 1.77. The van der Waals surface area contributed by atoms with Crippen molar-refractivity contribution in [3.05, 3.63) is 94.4 Å². The Morgan fingerprint density at radius 2 is 1.71 bits per heavy atom. The molecule has 9 heteroatoms. The molecule has 176 valence electrons. The molecule has 1 aromatic heterocycles. The summed E-state index contributed by atoms with van der Waals surface area (Å²) < 4.78 is 17.2. The molecule has 0 fully saturated rings. The van der Waals surface area contributed by atoms with Crippen LogP contribution in [0.25, 0.3) is 10.8 Å². The second-order valence-corrected chi connectivity index (χ2v) is 7.95. The van der Waals surface area contributed by atoms with Crippen molar-refractivity contribution in [1.82, 2.24) is 9.78 Å². The fourth-order valence-electron chi connectivity index (χ4n) is 3.74. The number of esters is 1. The quantitative estimate of drug-likeness (QED) is 0.430. The van der Waals surface area contributed by atoms with E-state index in [9.17, 15) is 14.4 Å². The van der Waals surface area contributed by atoms with Gasteiger partial charge in [0.15, 0.2) is 23.3 Å². The first-order valence-corrected chi connectivity index (χ1v) is 10.9. The maximum atomic E-state index is 13.1. The van der Waals surface area contributed by atoms with Gasteiger partial charge in [-0.3, -0.25) is 9.59 Å². The zero-order valence-corrected chi connectivity index (χ0v) is 18.8. The number of aromatic nitrogens is 2. The lowest BCUT2D eigenvalue weighted by Crippen LogP contribution is -2.32. The molecule has 3 aromatic carbocycles. The Balaban J connectivity index is 1.38. The van der Waals surface area contributed by atoms with Gasteiger partial charge in [0.25, 0.3) is 11.5 Å². The SMILES string of the molecule is C[C@@H](OC(=O)c1nn(Cc2ccccc2)c(=O)c2ccccc12)C(=O)Nc1ccc2c(c1)OCO2. The third-order valence-electron chi connectivity index (χ3n) is 5.53. The van der Waals surface area contributed by atoms with E-state index in [2.05, 4.69) is 10.4 Å². The van der Waals surface area contributed by atoms with Crippen molar-refractivity contribution in [1.29, 1.82) is 0 Å². The van der Waals surface area contributed by atoms with Gasteiger partial charge in [-0.05, 0) is 30.7 Å². The van der Waals surface area contributed by atoms with E-state index >= 15 is 0 Å². The Bertz CT molecular complexity index is 1480. The Morgan fingerprint density at radius 1 is 1.00 bits per heavy atom. The Morgan fingerprint density at radius 3 is 2.51 bits per heavy atom. The Kier molecular flexibility index (Phi) is 5.88. The van der Waals surface area contributed by atoms with Crippen LogP contribution in [0.5, 0.6) is 11.5 Å². The van der Waals surface area contributed by atoms with E-state index in [-0.39, 0.29) is 24.6 Å². The van der Waals surface area contributed by atoms with Crippen molar-refractivity contribution in [2.24, 2.45) is 0 Å². The van der Waals surface area contributed by atoms with E-state index in [1.807, 2.05) is 30.3 Å². The van der Waals surface area contributed by atoms with Gasteiger partial charge in [0.05, 0.1) is 11.9 Å². The molecule has 1 amide bonds. The summed E-state index contributed by atoms with van der Waals surface area (Å²) in [6.07, 6.45) is -1.12. The van der Waals surface area contributed by atoms with Crippen LogP contribution in [0.1, 0.15) is 23.0 Å². The van der Waals surface area contributed by atoms with Crippen LogP contribution in [0.15, 0.2) is 77.6 Å². The molecule has 0 aliphatic carbocycles. The molecule has 0 saturated heterocycles. The highest BCUT2D eigenvalue weighted by Gasteiger charge is 2.24. The van der Waals surface area contributed by atoms with Crippen LogP contribution in [0.4, 0.5) is 5.69 Å². The molecule has 0 radical (unpaired) electrons. The lowest BCUT2D eigenvalue weighted by Gasteiger charge is -2.15. The van der Waals surface area contributed by atoms with Gasteiger partial charge in [0.1, 0.15) is 0 Å². The number of ether oxygens (including phenoxy) is 3. The molecular formula is C26H21N3O6. The number of hydrogen-bond acceptors (Lipinski definition) is 7. The smallest absolute Gasteiger partial charge is 0.360 e. The van der Waals surface area contributed by atoms with Gasteiger partial charge in [0.2, 0.25) is 6.79 Å². The van der Waals surface area contributed by atoms with Crippen molar-refractivity contribution in [2.75, 3.05) is 12.1 Å². The zero-order chi connectivity index (χ0) is 24.4. The molecule has 5 rings (SSSR count). The fourth-order valence-corrected chi connectivity index (χ4v) is 3.74. The predicted octanol–water partition coefficient (Wildman–Crippen LogP) is 3.36. The molecule has 1 aliphatic heterocycles. The first-order valence-electron chi connectivity index (χ1n) is 10.9. The summed E-state index contributed by atoms with van der Waals surface area (Å²) in [5, 5.41) is 7.68. The highest BCUT2D eigenvalue weighted by molar-refractivity contribution is 6.03. The molecule has 1 N–H and O–H groups in total. The van der Waals surface area contributed by atoms with Gasteiger partial charge >= 0.3 is 5.97 Å². The normalized spacial score (nSPS) is 12.8. The average molecular weight is 471 g/mol. The molecule has 0 spiro atoms. The zero-order valence-electron chi connectivity index (χ0n) is 18.8. The number of carbonyl (C=O) groups is 2. The molecule has 0 unspecified atom stereocenters. The van der Waals surface area contributed by atoms with E-state index < -0.39 is 18.0 Å². The van der Waals surface area contributed by atoms with Crippen molar-refractivity contribution in [2.45, 2.75) is 19.6 Å². The van der Waals surface area contributed by atoms with Gasteiger partial charge in [0, 0.05) is 17.1 Å². The first kappa shape index (κ1) is 22.1. The van der Waals surface area contributed by atoms with Crippen LogP contribution in [0.3, 0.4) is 0 Å². The molecule has 9 nitrogen and oxygen atoms in total. The van der Waals surface area contributed by atoms with Gasteiger partial charge in [-0.25, -0.2) is 9.48 Å². The lowest BCUT2D eigenvalue weighted by atomic mass is 10.1. The number of fused-ring (bicyclic) bond motifs is 2. The molecule has 35 heavy (non-hydrogen) atoms. The molecule has 0 bridgehead atoms. The summed E-state index contributed by atoms with van der Waals surface area (Å²) in [5.41, 5.74) is 0.962. The predicted molar refractivity (Wildman–Crippen MR) is 128 cm³/mol. The van der Waals surface area contributed by atoms with Crippen LogP contribution in [0, 0.1) is 0 Å². The van der Waals surface area contributed by atoms with E-state index in [0.717, 1.165) is 5.56 Å². The largest absolute Gasteiger partial charge is 0.454 e. The van der Waals surface area contributed by atoms with Crippen LogP contribution < -0.4 is 20.3 Å². The highest BCUT2D eigenvalue weighted by atomic mass is 16.7. The molecular weight excluding hydrogens is 450 g/mol.